The molecule has 1 fully saturated rings. The number of carbonyl (C=O) groups is 2. The molecule has 132 valence electrons. The quantitative estimate of drug-likeness (QED) is 0.870. The van der Waals surface area contributed by atoms with E-state index < -0.39 is 17.3 Å². The number of amides is 1. The molecule has 1 amide bonds. The van der Waals surface area contributed by atoms with Crippen LogP contribution >= 0.6 is 0 Å². The van der Waals surface area contributed by atoms with Gasteiger partial charge in [-0.2, -0.15) is 5.10 Å². The molecule has 6 nitrogen and oxygen atoms in total. The lowest BCUT2D eigenvalue weighted by atomic mass is 10.1. The van der Waals surface area contributed by atoms with Gasteiger partial charge in [0.2, 0.25) is 5.91 Å². The zero-order valence-electron chi connectivity index (χ0n) is 14.0. The van der Waals surface area contributed by atoms with Crippen molar-refractivity contribution in [3.8, 4) is 0 Å². The first-order chi connectivity index (χ1) is 12.0. The van der Waals surface area contributed by atoms with Crippen LogP contribution < -0.4 is 5.32 Å². The number of aromatic carboxylic acids is 1. The van der Waals surface area contributed by atoms with Crippen molar-refractivity contribution in [3.05, 3.63) is 47.0 Å². The number of anilines is 1. The lowest BCUT2D eigenvalue weighted by molar-refractivity contribution is -0.115. The van der Waals surface area contributed by atoms with Gasteiger partial charge in [0.15, 0.2) is 0 Å². The van der Waals surface area contributed by atoms with Gasteiger partial charge in [-0.15, -0.1) is 0 Å². The first-order valence-corrected chi connectivity index (χ1v) is 8.31. The van der Waals surface area contributed by atoms with Crippen molar-refractivity contribution >= 4 is 17.6 Å². The average Bonchev–Trinajstić information content (AvgIpc) is 3.18. The number of halogens is 1. The second-order valence-corrected chi connectivity index (χ2v) is 6.37. The van der Waals surface area contributed by atoms with Crippen LogP contribution in [-0.2, 0) is 11.2 Å². The number of carbonyl (C=O) groups excluding carboxylic acids is 1. The lowest BCUT2D eigenvalue weighted by Gasteiger charge is -2.12. The Hall–Kier alpha value is -2.70. The van der Waals surface area contributed by atoms with Crippen molar-refractivity contribution in [2.75, 3.05) is 5.32 Å². The first kappa shape index (κ1) is 17.1. The number of carboxylic acids is 1. The highest BCUT2D eigenvalue weighted by Crippen LogP contribution is 2.31. The number of rotatable bonds is 5. The number of benzene rings is 1. The third kappa shape index (κ3) is 3.70. The summed E-state index contributed by atoms with van der Waals surface area (Å²) < 4.78 is 15.7. The molecule has 1 aliphatic rings. The number of carboxylic acid groups (broad SMARTS) is 1. The third-order valence-electron chi connectivity index (χ3n) is 4.62. The molecule has 7 heteroatoms. The minimum atomic E-state index is -1.33. The molecule has 0 aliphatic heterocycles. The predicted octanol–water partition coefficient (Wildman–Crippen LogP) is 3.33. The molecule has 3 rings (SSSR count). The highest BCUT2D eigenvalue weighted by Gasteiger charge is 2.21. The van der Waals surface area contributed by atoms with E-state index in [1.54, 1.807) is 6.20 Å². The van der Waals surface area contributed by atoms with Gasteiger partial charge in [0.1, 0.15) is 5.82 Å². The molecule has 25 heavy (non-hydrogen) atoms. The van der Waals surface area contributed by atoms with Crippen LogP contribution in [0.25, 0.3) is 0 Å². The van der Waals surface area contributed by atoms with E-state index in [9.17, 15) is 14.0 Å². The van der Waals surface area contributed by atoms with Crippen molar-refractivity contribution < 1.29 is 19.1 Å². The van der Waals surface area contributed by atoms with Crippen molar-refractivity contribution in [1.29, 1.82) is 0 Å². The van der Waals surface area contributed by atoms with Gasteiger partial charge in [-0.25, -0.2) is 9.18 Å². The molecule has 2 aromatic rings. The van der Waals surface area contributed by atoms with E-state index >= 15 is 0 Å². The van der Waals surface area contributed by atoms with Crippen molar-refractivity contribution in [2.24, 2.45) is 0 Å². The smallest absolute Gasteiger partial charge is 0.338 e. The molecule has 2 N–H and O–H groups in total. The summed E-state index contributed by atoms with van der Waals surface area (Å²) in [5, 5.41) is 16.0. The van der Waals surface area contributed by atoms with Crippen molar-refractivity contribution in [2.45, 2.75) is 45.1 Å². The third-order valence-corrected chi connectivity index (χ3v) is 4.62. The summed E-state index contributed by atoms with van der Waals surface area (Å²) in [6.45, 7) is 1.92. The van der Waals surface area contributed by atoms with E-state index in [2.05, 4.69) is 10.4 Å². The van der Waals surface area contributed by atoms with Gasteiger partial charge in [0.25, 0.3) is 0 Å². The molecular formula is C18H20FN3O3. The van der Waals surface area contributed by atoms with Gasteiger partial charge in [-0.1, -0.05) is 18.9 Å². The molecule has 0 spiro atoms. The zero-order chi connectivity index (χ0) is 18.0. The van der Waals surface area contributed by atoms with Gasteiger partial charge in [-0.3, -0.25) is 9.48 Å². The number of aromatic nitrogens is 2. The fourth-order valence-corrected chi connectivity index (χ4v) is 3.28. The zero-order valence-corrected chi connectivity index (χ0v) is 14.0. The topological polar surface area (TPSA) is 84.2 Å². The predicted molar refractivity (Wildman–Crippen MR) is 90.2 cm³/mol. The number of hydrogen-bond acceptors (Lipinski definition) is 3. The van der Waals surface area contributed by atoms with Crippen LogP contribution in [0.2, 0.25) is 0 Å². The molecular weight excluding hydrogens is 325 g/mol. The van der Waals surface area contributed by atoms with E-state index in [0.717, 1.165) is 24.6 Å². The summed E-state index contributed by atoms with van der Waals surface area (Å²) in [6.07, 6.45) is 6.20. The van der Waals surface area contributed by atoms with E-state index in [1.807, 2.05) is 11.6 Å². The highest BCUT2D eigenvalue weighted by molar-refractivity contribution is 5.93. The Morgan fingerprint density at radius 2 is 2.08 bits per heavy atom. The molecule has 1 aromatic carbocycles. The summed E-state index contributed by atoms with van der Waals surface area (Å²) >= 11 is 0. The fourth-order valence-electron chi connectivity index (χ4n) is 3.28. The van der Waals surface area contributed by atoms with Crippen molar-refractivity contribution in [1.82, 2.24) is 9.78 Å². The van der Waals surface area contributed by atoms with Crippen LogP contribution in [0.15, 0.2) is 24.4 Å². The molecule has 1 aromatic heterocycles. The van der Waals surface area contributed by atoms with Crippen LogP contribution in [0.5, 0.6) is 0 Å². The monoisotopic (exact) mass is 345 g/mol. The fraction of sp³-hybridized carbons (Fsp3) is 0.389. The van der Waals surface area contributed by atoms with Gasteiger partial charge in [-0.05, 0) is 37.5 Å². The second kappa shape index (κ2) is 7.04. The van der Waals surface area contributed by atoms with Crippen LogP contribution in [0.3, 0.4) is 0 Å². The van der Waals surface area contributed by atoms with Crippen LogP contribution in [-0.4, -0.2) is 26.8 Å². The van der Waals surface area contributed by atoms with Gasteiger partial charge in [0, 0.05) is 0 Å². The maximum Gasteiger partial charge on any atom is 0.338 e. The Balaban J connectivity index is 1.67. The van der Waals surface area contributed by atoms with E-state index in [0.29, 0.717) is 17.3 Å². The molecule has 0 bridgehead atoms. The van der Waals surface area contributed by atoms with E-state index in [4.69, 9.17) is 5.11 Å². The number of nitrogens with zero attached hydrogens (tertiary/aromatic N) is 2. The highest BCUT2D eigenvalue weighted by atomic mass is 19.1. The Labute approximate surface area is 144 Å². The minimum Gasteiger partial charge on any atom is -0.478 e. The largest absolute Gasteiger partial charge is 0.478 e. The minimum absolute atomic E-state index is 0.0368. The maximum absolute atomic E-state index is 13.7. The normalized spacial score (nSPS) is 14.6. The standard InChI is InChI=1S/C18H20FN3O3/c1-11-16(10-20-22(11)13-4-2-3-5-13)21-17(23)9-12-6-7-14(18(24)25)15(19)8-12/h6-8,10,13H,2-5,9H2,1H3,(H,21,23)(H,24,25). The molecule has 1 aliphatic carbocycles. The Morgan fingerprint density at radius 1 is 1.36 bits per heavy atom. The summed E-state index contributed by atoms with van der Waals surface area (Å²) in [5.74, 6) is -2.47. The number of nitrogens with one attached hydrogen (secondary N) is 1. The molecule has 0 atom stereocenters. The van der Waals surface area contributed by atoms with Crippen LogP contribution in [0.1, 0.15) is 53.3 Å². The summed E-state index contributed by atoms with van der Waals surface area (Å²) in [4.78, 5) is 23.0. The van der Waals surface area contributed by atoms with Gasteiger partial charge in [0.05, 0.1) is 35.6 Å². The van der Waals surface area contributed by atoms with Gasteiger partial charge < -0.3 is 10.4 Å². The summed E-state index contributed by atoms with van der Waals surface area (Å²) in [5.41, 5.74) is 1.57. The Morgan fingerprint density at radius 3 is 2.72 bits per heavy atom. The lowest BCUT2D eigenvalue weighted by Crippen LogP contribution is -2.16. The van der Waals surface area contributed by atoms with E-state index in [1.165, 1.54) is 25.0 Å². The van der Waals surface area contributed by atoms with Crippen LogP contribution in [0.4, 0.5) is 10.1 Å². The molecule has 0 radical (unpaired) electrons. The average molecular weight is 345 g/mol. The molecule has 0 saturated heterocycles. The summed E-state index contributed by atoms with van der Waals surface area (Å²) in [7, 11) is 0. The second-order valence-electron chi connectivity index (χ2n) is 6.37. The van der Waals surface area contributed by atoms with Crippen molar-refractivity contribution in [3.63, 3.8) is 0 Å². The van der Waals surface area contributed by atoms with Crippen LogP contribution in [0, 0.1) is 12.7 Å². The maximum atomic E-state index is 13.7. The van der Waals surface area contributed by atoms with E-state index in [-0.39, 0.29) is 12.3 Å². The van der Waals surface area contributed by atoms with Gasteiger partial charge >= 0.3 is 5.97 Å². The Bertz CT molecular complexity index is 810. The molecule has 0 unspecified atom stereocenters. The Kier molecular flexibility index (Phi) is 4.83. The number of hydrogen-bond donors (Lipinski definition) is 2. The SMILES string of the molecule is Cc1c(NC(=O)Cc2ccc(C(=O)O)c(F)c2)cnn1C1CCCC1. The molecule has 1 heterocycles. The molecule has 1 saturated carbocycles. The first-order valence-electron chi connectivity index (χ1n) is 8.31. The summed E-state index contributed by atoms with van der Waals surface area (Å²) in [6, 6.07) is 4.09.